The van der Waals surface area contributed by atoms with E-state index in [-0.39, 0.29) is 12.2 Å². The number of nitrogens with two attached hydrogens (primary N) is 1. The molecule has 0 aromatic heterocycles. The first kappa shape index (κ1) is 19.2. The summed E-state index contributed by atoms with van der Waals surface area (Å²) in [7, 11) is 1.70. The summed E-state index contributed by atoms with van der Waals surface area (Å²) >= 11 is 0. The SMILES string of the molecule is COCC(C)(C)OCCC(C)C.NCCCO. The molecular weight excluding hydrogens is 218 g/mol. The number of rotatable bonds is 8. The predicted octanol–water partition coefficient (Wildman–Crippen LogP) is 1.80. The maximum absolute atomic E-state index is 7.99. The summed E-state index contributed by atoms with van der Waals surface area (Å²) in [5.41, 5.74) is 4.84. The van der Waals surface area contributed by atoms with E-state index in [0.717, 1.165) is 19.4 Å². The fourth-order valence-corrected chi connectivity index (χ4v) is 1.05. The highest BCUT2D eigenvalue weighted by Crippen LogP contribution is 2.11. The van der Waals surface area contributed by atoms with Crippen molar-refractivity contribution in [3.8, 4) is 0 Å². The van der Waals surface area contributed by atoms with Gasteiger partial charge in [-0.1, -0.05) is 13.8 Å². The van der Waals surface area contributed by atoms with Gasteiger partial charge in [0.1, 0.15) is 0 Å². The van der Waals surface area contributed by atoms with Crippen LogP contribution in [0.1, 0.15) is 40.5 Å². The van der Waals surface area contributed by atoms with Crippen LogP contribution < -0.4 is 5.73 Å². The summed E-state index contributed by atoms with van der Waals surface area (Å²) in [6, 6.07) is 0. The maximum atomic E-state index is 7.99. The van der Waals surface area contributed by atoms with Crippen molar-refractivity contribution in [1.29, 1.82) is 0 Å². The van der Waals surface area contributed by atoms with E-state index in [2.05, 4.69) is 27.7 Å². The lowest BCUT2D eigenvalue weighted by atomic mass is 10.1. The van der Waals surface area contributed by atoms with E-state index in [9.17, 15) is 0 Å². The molecule has 4 heteroatoms. The minimum absolute atomic E-state index is 0.135. The first-order chi connectivity index (χ1) is 7.89. The van der Waals surface area contributed by atoms with Gasteiger partial charge < -0.3 is 20.3 Å². The summed E-state index contributed by atoms with van der Waals surface area (Å²) in [6.07, 6.45) is 1.84. The second kappa shape index (κ2) is 12.3. The largest absolute Gasteiger partial charge is 0.396 e. The van der Waals surface area contributed by atoms with E-state index in [1.165, 1.54) is 0 Å². The van der Waals surface area contributed by atoms with Crippen LogP contribution in [0.25, 0.3) is 0 Å². The smallest absolute Gasteiger partial charge is 0.0858 e. The van der Waals surface area contributed by atoms with Crippen molar-refractivity contribution < 1.29 is 14.6 Å². The van der Waals surface area contributed by atoms with E-state index in [1.54, 1.807) is 7.11 Å². The fraction of sp³-hybridized carbons (Fsp3) is 1.00. The number of methoxy groups -OCH3 is 1. The quantitative estimate of drug-likeness (QED) is 0.688. The molecule has 0 radical (unpaired) electrons. The number of hydrogen-bond acceptors (Lipinski definition) is 4. The zero-order valence-electron chi connectivity index (χ0n) is 12.2. The number of hydrogen-bond donors (Lipinski definition) is 2. The third-order valence-electron chi connectivity index (χ3n) is 2.04. The Balaban J connectivity index is 0. The Bertz CT molecular complexity index is 148. The maximum Gasteiger partial charge on any atom is 0.0858 e. The van der Waals surface area contributed by atoms with Gasteiger partial charge in [0.25, 0.3) is 0 Å². The molecule has 0 aliphatic carbocycles. The number of aliphatic hydroxyl groups excluding tert-OH is 1. The van der Waals surface area contributed by atoms with Crippen molar-refractivity contribution in [3.05, 3.63) is 0 Å². The molecule has 0 atom stereocenters. The average molecular weight is 249 g/mol. The second-order valence-corrected chi connectivity index (χ2v) is 5.09. The summed E-state index contributed by atoms with van der Waals surface area (Å²) in [6.45, 7) is 10.8. The second-order valence-electron chi connectivity index (χ2n) is 5.09. The van der Waals surface area contributed by atoms with E-state index in [4.69, 9.17) is 20.3 Å². The summed E-state index contributed by atoms with van der Waals surface area (Å²) in [5.74, 6) is 0.711. The molecule has 4 nitrogen and oxygen atoms in total. The molecule has 0 rings (SSSR count). The van der Waals surface area contributed by atoms with Gasteiger partial charge in [0, 0.05) is 20.3 Å². The van der Waals surface area contributed by atoms with Crippen LogP contribution in [0.5, 0.6) is 0 Å². The molecule has 0 saturated heterocycles. The molecule has 0 heterocycles. The van der Waals surface area contributed by atoms with Crippen LogP contribution in [-0.2, 0) is 9.47 Å². The highest BCUT2D eigenvalue weighted by atomic mass is 16.5. The van der Waals surface area contributed by atoms with E-state index >= 15 is 0 Å². The highest BCUT2D eigenvalue weighted by Gasteiger charge is 2.17. The first-order valence-electron chi connectivity index (χ1n) is 6.33. The lowest BCUT2D eigenvalue weighted by molar-refractivity contribution is -0.0673. The molecule has 0 aromatic rings. The molecule has 0 saturated carbocycles. The van der Waals surface area contributed by atoms with Crippen LogP contribution >= 0.6 is 0 Å². The van der Waals surface area contributed by atoms with Crippen molar-refractivity contribution in [2.45, 2.75) is 46.1 Å². The molecule has 0 amide bonds. The van der Waals surface area contributed by atoms with Crippen LogP contribution in [0.2, 0.25) is 0 Å². The van der Waals surface area contributed by atoms with Crippen molar-refractivity contribution in [1.82, 2.24) is 0 Å². The minimum Gasteiger partial charge on any atom is -0.396 e. The number of ether oxygens (including phenoxy) is 2. The zero-order valence-corrected chi connectivity index (χ0v) is 12.2. The Hall–Kier alpha value is -0.160. The van der Waals surface area contributed by atoms with Gasteiger partial charge in [-0.2, -0.15) is 0 Å². The molecule has 0 aliphatic rings. The Morgan fingerprint density at radius 1 is 1.29 bits per heavy atom. The van der Waals surface area contributed by atoms with Crippen molar-refractivity contribution in [2.75, 3.05) is 33.5 Å². The van der Waals surface area contributed by atoms with Crippen LogP contribution in [0.3, 0.4) is 0 Å². The van der Waals surface area contributed by atoms with Gasteiger partial charge in [0.05, 0.1) is 12.2 Å². The van der Waals surface area contributed by atoms with Gasteiger partial charge in [-0.05, 0) is 39.2 Å². The third-order valence-corrected chi connectivity index (χ3v) is 2.04. The van der Waals surface area contributed by atoms with Crippen LogP contribution in [0, 0.1) is 5.92 Å². The monoisotopic (exact) mass is 249 g/mol. The molecule has 0 unspecified atom stereocenters. The molecular formula is C13H31NO3. The van der Waals surface area contributed by atoms with Gasteiger partial charge in [-0.3, -0.25) is 0 Å². The van der Waals surface area contributed by atoms with E-state index in [0.29, 0.717) is 19.1 Å². The van der Waals surface area contributed by atoms with Crippen LogP contribution in [0.15, 0.2) is 0 Å². The standard InChI is InChI=1S/C10H22O2.C3H9NO/c1-9(2)6-7-12-10(3,4)8-11-5;4-2-1-3-5/h9H,6-8H2,1-5H3;5H,1-4H2. The van der Waals surface area contributed by atoms with Crippen molar-refractivity contribution >= 4 is 0 Å². The van der Waals surface area contributed by atoms with Crippen molar-refractivity contribution in [2.24, 2.45) is 11.7 Å². The summed E-state index contributed by atoms with van der Waals surface area (Å²) < 4.78 is 10.7. The molecule has 0 spiro atoms. The van der Waals surface area contributed by atoms with E-state index < -0.39 is 0 Å². The molecule has 3 N–H and O–H groups in total. The Morgan fingerprint density at radius 2 is 1.88 bits per heavy atom. The normalized spacial score (nSPS) is 11.3. The zero-order chi connectivity index (χ0) is 13.7. The lowest BCUT2D eigenvalue weighted by Gasteiger charge is -2.24. The molecule has 106 valence electrons. The Morgan fingerprint density at radius 3 is 2.18 bits per heavy atom. The van der Waals surface area contributed by atoms with Crippen molar-refractivity contribution in [3.63, 3.8) is 0 Å². The fourth-order valence-electron chi connectivity index (χ4n) is 1.05. The molecule has 0 aliphatic heterocycles. The average Bonchev–Trinajstić information content (AvgIpc) is 2.18. The van der Waals surface area contributed by atoms with Gasteiger partial charge in [-0.15, -0.1) is 0 Å². The predicted molar refractivity (Wildman–Crippen MR) is 72.1 cm³/mol. The summed E-state index contributed by atoms with van der Waals surface area (Å²) in [4.78, 5) is 0. The molecule has 0 aromatic carbocycles. The van der Waals surface area contributed by atoms with Gasteiger partial charge >= 0.3 is 0 Å². The van der Waals surface area contributed by atoms with Crippen LogP contribution in [-0.4, -0.2) is 44.2 Å². The minimum atomic E-state index is -0.135. The highest BCUT2D eigenvalue weighted by molar-refractivity contribution is 4.66. The molecule has 0 fully saturated rings. The molecule has 0 bridgehead atoms. The first-order valence-corrected chi connectivity index (χ1v) is 6.33. The number of aliphatic hydroxyl groups is 1. The van der Waals surface area contributed by atoms with E-state index in [1.807, 2.05) is 0 Å². The summed E-state index contributed by atoms with van der Waals surface area (Å²) in [5, 5.41) is 7.99. The molecule has 17 heavy (non-hydrogen) atoms. The van der Waals surface area contributed by atoms with Gasteiger partial charge in [0.2, 0.25) is 0 Å². The Kier molecular flexibility index (Phi) is 13.9. The third kappa shape index (κ3) is 18.4. The van der Waals surface area contributed by atoms with Gasteiger partial charge in [0.15, 0.2) is 0 Å². The topological polar surface area (TPSA) is 64.7 Å². The van der Waals surface area contributed by atoms with Crippen LogP contribution in [0.4, 0.5) is 0 Å². The Labute approximate surface area is 106 Å². The van der Waals surface area contributed by atoms with Gasteiger partial charge in [-0.25, -0.2) is 0 Å². The lowest BCUT2D eigenvalue weighted by Crippen LogP contribution is -2.30.